The molecule has 0 unspecified atom stereocenters. The fourth-order valence-electron chi connectivity index (χ4n) is 2.85. The minimum absolute atomic E-state index is 0.0358. The Hall–Kier alpha value is -2.47. The van der Waals surface area contributed by atoms with Crippen LogP contribution in [0.25, 0.3) is 27.6 Å². The van der Waals surface area contributed by atoms with Crippen LogP contribution < -0.4 is 5.56 Å². The van der Waals surface area contributed by atoms with Crippen molar-refractivity contribution in [2.45, 2.75) is 6.92 Å². The highest BCUT2D eigenvalue weighted by Gasteiger charge is 2.18. The highest BCUT2D eigenvalue weighted by Crippen LogP contribution is 2.25. The van der Waals surface area contributed by atoms with E-state index >= 15 is 0 Å². The third kappa shape index (κ3) is 1.55. The van der Waals surface area contributed by atoms with E-state index in [2.05, 4.69) is 9.97 Å². The Morgan fingerprint density at radius 3 is 2.73 bits per heavy atom. The van der Waals surface area contributed by atoms with Gasteiger partial charge in [0.05, 0.1) is 10.9 Å². The molecule has 0 atom stereocenters. The van der Waals surface area contributed by atoms with Crippen molar-refractivity contribution in [3.8, 4) is 0 Å². The molecular weight excluding hydrogens is 307 g/mol. The van der Waals surface area contributed by atoms with Crippen molar-refractivity contribution < 1.29 is 4.39 Å². The minimum atomic E-state index is -0.620. The molecule has 0 aliphatic carbocycles. The van der Waals surface area contributed by atoms with Crippen LogP contribution in [0.5, 0.6) is 0 Å². The molecule has 110 valence electrons. The molecule has 0 N–H and O–H groups in total. The summed E-state index contributed by atoms with van der Waals surface area (Å²) in [5.41, 5.74) is 1.68. The number of rotatable bonds is 0. The molecule has 0 aliphatic heterocycles. The van der Waals surface area contributed by atoms with Gasteiger partial charge in [0.2, 0.25) is 5.28 Å². The Bertz CT molecular complexity index is 1150. The molecule has 1 aromatic carbocycles. The van der Waals surface area contributed by atoms with Crippen LogP contribution >= 0.6 is 11.6 Å². The zero-order chi connectivity index (χ0) is 15.6. The number of halogens is 2. The standard InChI is InChI=1S/C15H10ClFN4O/c1-7-6-20(2)12-10(7)13-18-9-5-3-4-8(17)11(9)14(22)21(13)15(16)19-12/h3-6H,1-2H3. The summed E-state index contributed by atoms with van der Waals surface area (Å²) in [6.07, 6.45) is 1.88. The highest BCUT2D eigenvalue weighted by atomic mass is 35.5. The largest absolute Gasteiger partial charge is 0.335 e. The van der Waals surface area contributed by atoms with Crippen LogP contribution in [0.3, 0.4) is 0 Å². The zero-order valence-electron chi connectivity index (χ0n) is 11.8. The monoisotopic (exact) mass is 316 g/mol. The lowest BCUT2D eigenvalue weighted by Gasteiger charge is -2.07. The molecule has 4 rings (SSSR count). The number of benzene rings is 1. The maximum absolute atomic E-state index is 14.0. The Balaban J connectivity index is 2.41. The number of hydrogen-bond acceptors (Lipinski definition) is 3. The summed E-state index contributed by atoms with van der Waals surface area (Å²) < 4.78 is 17.0. The first-order valence-electron chi connectivity index (χ1n) is 6.61. The van der Waals surface area contributed by atoms with Gasteiger partial charge in [-0.25, -0.2) is 18.8 Å². The molecule has 0 saturated carbocycles. The molecule has 4 aromatic rings. The van der Waals surface area contributed by atoms with E-state index in [9.17, 15) is 9.18 Å². The average Bonchev–Trinajstić information content (AvgIpc) is 2.73. The fraction of sp³-hybridized carbons (Fsp3) is 0.133. The Labute approximate surface area is 128 Å². The van der Waals surface area contributed by atoms with E-state index < -0.39 is 11.4 Å². The number of hydrogen-bond donors (Lipinski definition) is 0. The van der Waals surface area contributed by atoms with Crippen LogP contribution in [-0.4, -0.2) is 18.9 Å². The number of aromatic nitrogens is 4. The minimum Gasteiger partial charge on any atom is -0.335 e. The first kappa shape index (κ1) is 13.2. The van der Waals surface area contributed by atoms with Crippen molar-refractivity contribution in [2.75, 3.05) is 0 Å². The van der Waals surface area contributed by atoms with Gasteiger partial charge < -0.3 is 4.57 Å². The normalized spacial score (nSPS) is 11.8. The predicted molar refractivity (Wildman–Crippen MR) is 82.9 cm³/mol. The summed E-state index contributed by atoms with van der Waals surface area (Å²) in [6, 6.07) is 4.36. The maximum atomic E-state index is 14.0. The third-order valence-electron chi connectivity index (χ3n) is 3.79. The Morgan fingerprint density at radius 2 is 1.95 bits per heavy atom. The van der Waals surface area contributed by atoms with Crippen molar-refractivity contribution in [1.29, 1.82) is 0 Å². The molecule has 3 heterocycles. The fourth-order valence-corrected chi connectivity index (χ4v) is 3.08. The lowest BCUT2D eigenvalue weighted by atomic mass is 10.2. The molecule has 0 spiro atoms. The van der Waals surface area contributed by atoms with E-state index in [1.54, 1.807) is 6.07 Å². The average molecular weight is 317 g/mol. The molecule has 0 amide bonds. The van der Waals surface area contributed by atoms with Crippen LogP contribution in [0, 0.1) is 12.7 Å². The molecule has 0 bridgehead atoms. The Morgan fingerprint density at radius 1 is 1.18 bits per heavy atom. The first-order valence-corrected chi connectivity index (χ1v) is 6.99. The second-order valence-corrected chi connectivity index (χ2v) is 5.55. The number of nitrogens with zero attached hydrogens (tertiary/aromatic N) is 4. The van der Waals surface area contributed by atoms with E-state index in [0.29, 0.717) is 16.8 Å². The van der Waals surface area contributed by atoms with Crippen LogP contribution in [0.1, 0.15) is 5.56 Å². The molecular formula is C15H10ClFN4O. The molecule has 0 fully saturated rings. The Kier molecular flexibility index (Phi) is 2.56. The van der Waals surface area contributed by atoms with Gasteiger partial charge in [0.1, 0.15) is 16.9 Å². The van der Waals surface area contributed by atoms with Crippen LogP contribution in [0.4, 0.5) is 4.39 Å². The summed E-state index contributed by atoms with van der Waals surface area (Å²) in [6.45, 7) is 1.90. The van der Waals surface area contributed by atoms with Crippen LogP contribution in [0.15, 0.2) is 29.2 Å². The topological polar surface area (TPSA) is 52.2 Å². The van der Waals surface area contributed by atoms with Crippen molar-refractivity contribution in [1.82, 2.24) is 18.9 Å². The zero-order valence-corrected chi connectivity index (χ0v) is 12.5. The second-order valence-electron chi connectivity index (χ2n) is 5.21. The lowest BCUT2D eigenvalue weighted by Crippen LogP contribution is -2.18. The summed E-state index contributed by atoms with van der Waals surface area (Å²) >= 11 is 6.15. The first-order chi connectivity index (χ1) is 10.5. The highest BCUT2D eigenvalue weighted by molar-refractivity contribution is 6.29. The molecule has 0 radical (unpaired) electrons. The summed E-state index contributed by atoms with van der Waals surface area (Å²) in [7, 11) is 1.84. The van der Waals surface area contributed by atoms with Crippen molar-refractivity contribution in [3.63, 3.8) is 0 Å². The number of aryl methyl sites for hydroxylation is 2. The van der Waals surface area contributed by atoms with Gasteiger partial charge in [-0.2, -0.15) is 0 Å². The summed E-state index contributed by atoms with van der Waals surface area (Å²) in [5.74, 6) is -0.620. The van der Waals surface area contributed by atoms with Gasteiger partial charge >= 0.3 is 0 Å². The number of fused-ring (bicyclic) bond motifs is 4. The summed E-state index contributed by atoms with van der Waals surface area (Å²) in [4.78, 5) is 21.3. The van der Waals surface area contributed by atoms with E-state index in [1.807, 2.05) is 24.7 Å². The van der Waals surface area contributed by atoms with Gasteiger partial charge in [-0.3, -0.25) is 4.79 Å². The smallest absolute Gasteiger partial charge is 0.271 e. The van der Waals surface area contributed by atoms with Crippen molar-refractivity contribution in [3.05, 3.63) is 51.4 Å². The SMILES string of the molecule is Cc1cn(C)c2nc(Cl)n3c(=O)c4c(F)cccc4nc3c12. The van der Waals surface area contributed by atoms with Crippen LogP contribution in [-0.2, 0) is 7.05 Å². The van der Waals surface area contributed by atoms with E-state index in [1.165, 1.54) is 12.1 Å². The van der Waals surface area contributed by atoms with Gasteiger partial charge in [-0.05, 0) is 36.2 Å². The predicted octanol–water partition coefficient (Wildman–Crippen LogP) is 2.84. The maximum Gasteiger partial charge on any atom is 0.271 e. The quantitative estimate of drug-likeness (QED) is 0.370. The van der Waals surface area contributed by atoms with Gasteiger partial charge in [0.25, 0.3) is 5.56 Å². The van der Waals surface area contributed by atoms with Gasteiger partial charge in [0.15, 0.2) is 5.65 Å². The second kappa shape index (κ2) is 4.27. The van der Waals surface area contributed by atoms with Gasteiger partial charge in [-0.1, -0.05) is 6.07 Å². The summed E-state index contributed by atoms with van der Waals surface area (Å²) in [5, 5.41) is 0.609. The molecule has 5 nitrogen and oxygen atoms in total. The molecule has 0 aliphatic rings. The van der Waals surface area contributed by atoms with Crippen LogP contribution in [0.2, 0.25) is 5.28 Å². The molecule has 7 heteroatoms. The van der Waals surface area contributed by atoms with E-state index in [-0.39, 0.29) is 10.7 Å². The van der Waals surface area contributed by atoms with Crippen molar-refractivity contribution >= 4 is 39.2 Å². The molecule has 3 aromatic heterocycles. The lowest BCUT2D eigenvalue weighted by molar-refractivity contribution is 0.638. The van der Waals surface area contributed by atoms with Crippen molar-refractivity contribution in [2.24, 2.45) is 7.05 Å². The van der Waals surface area contributed by atoms with E-state index in [4.69, 9.17) is 11.6 Å². The third-order valence-corrected chi connectivity index (χ3v) is 4.05. The van der Waals surface area contributed by atoms with Gasteiger partial charge in [-0.15, -0.1) is 0 Å². The van der Waals surface area contributed by atoms with E-state index in [0.717, 1.165) is 15.4 Å². The van der Waals surface area contributed by atoms with Gasteiger partial charge in [0, 0.05) is 13.2 Å². The molecule has 0 saturated heterocycles. The molecule has 22 heavy (non-hydrogen) atoms.